The third-order valence-electron chi connectivity index (χ3n) is 3.64. The molecule has 0 heterocycles. The summed E-state index contributed by atoms with van der Waals surface area (Å²) >= 11 is 0. The van der Waals surface area contributed by atoms with Crippen molar-refractivity contribution in [1.29, 1.82) is 0 Å². The van der Waals surface area contributed by atoms with Crippen molar-refractivity contribution in [3.05, 3.63) is 34.9 Å². The first-order valence-corrected chi connectivity index (χ1v) is 5.96. The number of fused-ring (bicyclic) bond motifs is 1. The molecule has 0 atom stereocenters. The van der Waals surface area contributed by atoms with Gasteiger partial charge in [0.05, 0.1) is 0 Å². The summed E-state index contributed by atoms with van der Waals surface area (Å²) in [6, 6.07) is 6.73. The Kier molecular flexibility index (Phi) is 2.83. The molecule has 0 radical (unpaired) electrons. The molecule has 2 rings (SSSR count). The van der Waals surface area contributed by atoms with Crippen molar-refractivity contribution in [3.63, 3.8) is 0 Å². The highest BCUT2D eigenvalue weighted by Gasteiger charge is 2.24. The molecule has 82 valence electrons. The van der Waals surface area contributed by atoms with Crippen molar-refractivity contribution in [2.45, 2.75) is 44.9 Å². The second-order valence-corrected chi connectivity index (χ2v) is 5.24. The molecule has 1 aliphatic carbocycles. The van der Waals surface area contributed by atoms with Gasteiger partial charge >= 0.3 is 0 Å². The van der Waals surface area contributed by atoms with Crippen LogP contribution in [0.4, 0.5) is 0 Å². The smallest absolute Gasteiger partial charge is 0.00219 e. The number of aryl methyl sites for hydroxylation is 1. The summed E-state index contributed by atoms with van der Waals surface area (Å²) in [5.41, 5.74) is 10.6. The van der Waals surface area contributed by atoms with E-state index in [1.54, 1.807) is 11.1 Å². The van der Waals surface area contributed by atoms with Gasteiger partial charge in [0.2, 0.25) is 0 Å². The van der Waals surface area contributed by atoms with Crippen molar-refractivity contribution in [3.8, 4) is 0 Å². The van der Waals surface area contributed by atoms with Crippen LogP contribution >= 0.6 is 0 Å². The van der Waals surface area contributed by atoms with Gasteiger partial charge in [0.1, 0.15) is 0 Å². The van der Waals surface area contributed by atoms with Gasteiger partial charge < -0.3 is 5.73 Å². The predicted octanol–water partition coefficient (Wildman–Crippen LogP) is 2.80. The van der Waals surface area contributed by atoms with Gasteiger partial charge in [-0.1, -0.05) is 32.0 Å². The molecule has 0 saturated carbocycles. The van der Waals surface area contributed by atoms with Crippen LogP contribution in [0.5, 0.6) is 0 Å². The standard InChI is InChI=1S/C14H21N/c1-14(2,10-15)13-9-5-7-11-6-3-4-8-12(11)13/h5,7,9H,3-4,6,8,10,15H2,1-2H3. The Hall–Kier alpha value is -0.820. The van der Waals surface area contributed by atoms with Crippen LogP contribution in [-0.2, 0) is 18.3 Å². The summed E-state index contributed by atoms with van der Waals surface area (Å²) in [5, 5.41) is 0. The van der Waals surface area contributed by atoms with Crippen LogP contribution in [0.2, 0.25) is 0 Å². The second kappa shape index (κ2) is 3.97. The number of hydrogen-bond acceptors (Lipinski definition) is 1. The molecule has 0 unspecified atom stereocenters. The molecule has 0 spiro atoms. The summed E-state index contributed by atoms with van der Waals surface area (Å²) in [5.74, 6) is 0. The molecular formula is C14H21N. The molecule has 1 aromatic carbocycles. The van der Waals surface area contributed by atoms with Gasteiger partial charge in [0, 0.05) is 12.0 Å². The number of rotatable bonds is 2. The lowest BCUT2D eigenvalue weighted by Crippen LogP contribution is -2.30. The highest BCUT2D eigenvalue weighted by molar-refractivity contribution is 5.41. The average molecular weight is 203 g/mol. The fourth-order valence-electron chi connectivity index (χ4n) is 2.53. The van der Waals surface area contributed by atoms with Gasteiger partial charge in [0.15, 0.2) is 0 Å². The maximum absolute atomic E-state index is 5.87. The van der Waals surface area contributed by atoms with E-state index in [1.807, 2.05) is 0 Å². The lowest BCUT2D eigenvalue weighted by atomic mass is 9.77. The largest absolute Gasteiger partial charge is 0.330 e. The van der Waals surface area contributed by atoms with E-state index in [2.05, 4.69) is 32.0 Å². The Labute approximate surface area is 92.7 Å². The van der Waals surface area contributed by atoms with Crippen LogP contribution < -0.4 is 5.73 Å². The Morgan fingerprint density at radius 2 is 1.93 bits per heavy atom. The lowest BCUT2D eigenvalue weighted by molar-refractivity contribution is 0.525. The van der Waals surface area contributed by atoms with Crippen molar-refractivity contribution >= 4 is 0 Å². The maximum atomic E-state index is 5.87. The summed E-state index contributed by atoms with van der Waals surface area (Å²) < 4.78 is 0. The normalized spacial score (nSPS) is 16.2. The average Bonchev–Trinajstić information content (AvgIpc) is 2.28. The SMILES string of the molecule is CC(C)(CN)c1cccc2c1CCCC2. The van der Waals surface area contributed by atoms with Gasteiger partial charge in [-0.15, -0.1) is 0 Å². The third kappa shape index (κ3) is 1.93. The minimum Gasteiger partial charge on any atom is -0.330 e. The summed E-state index contributed by atoms with van der Waals surface area (Å²) in [7, 11) is 0. The predicted molar refractivity (Wildman–Crippen MR) is 65.2 cm³/mol. The minimum absolute atomic E-state index is 0.128. The van der Waals surface area contributed by atoms with E-state index in [1.165, 1.54) is 31.2 Å². The Balaban J connectivity index is 2.48. The molecule has 15 heavy (non-hydrogen) atoms. The first-order valence-electron chi connectivity index (χ1n) is 5.96. The van der Waals surface area contributed by atoms with Crippen LogP contribution in [0.15, 0.2) is 18.2 Å². The topological polar surface area (TPSA) is 26.0 Å². The minimum atomic E-state index is 0.128. The zero-order chi connectivity index (χ0) is 10.9. The first kappa shape index (κ1) is 10.7. The molecular weight excluding hydrogens is 182 g/mol. The van der Waals surface area contributed by atoms with Crippen molar-refractivity contribution in [2.24, 2.45) is 5.73 Å². The van der Waals surface area contributed by atoms with E-state index in [0.29, 0.717) is 0 Å². The highest BCUT2D eigenvalue weighted by atomic mass is 14.6. The van der Waals surface area contributed by atoms with Crippen LogP contribution in [0.25, 0.3) is 0 Å². The quantitative estimate of drug-likeness (QED) is 0.786. The van der Waals surface area contributed by atoms with Gasteiger partial charge in [0.25, 0.3) is 0 Å². The molecule has 0 aromatic heterocycles. The first-order chi connectivity index (χ1) is 7.15. The molecule has 2 N–H and O–H groups in total. The van der Waals surface area contributed by atoms with Crippen molar-refractivity contribution < 1.29 is 0 Å². The zero-order valence-corrected chi connectivity index (χ0v) is 9.84. The lowest BCUT2D eigenvalue weighted by Gasteiger charge is -2.29. The fraction of sp³-hybridized carbons (Fsp3) is 0.571. The Bertz CT molecular complexity index is 352. The molecule has 0 amide bonds. The molecule has 0 aliphatic heterocycles. The number of hydrogen-bond donors (Lipinski definition) is 1. The Morgan fingerprint density at radius 3 is 2.67 bits per heavy atom. The van der Waals surface area contributed by atoms with E-state index >= 15 is 0 Å². The highest BCUT2D eigenvalue weighted by Crippen LogP contribution is 2.31. The molecule has 1 heteroatoms. The molecule has 1 aliphatic rings. The second-order valence-electron chi connectivity index (χ2n) is 5.24. The molecule has 1 aromatic rings. The van der Waals surface area contributed by atoms with E-state index < -0.39 is 0 Å². The van der Waals surface area contributed by atoms with E-state index in [-0.39, 0.29) is 5.41 Å². The third-order valence-corrected chi connectivity index (χ3v) is 3.64. The van der Waals surface area contributed by atoms with Crippen molar-refractivity contribution in [1.82, 2.24) is 0 Å². The van der Waals surface area contributed by atoms with Crippen molar-refractivity contribution in [2.75, 3.05) is 6.54 Å². The van der Waals surface area contributed by atoms with E-state index in [4.69, 9.17) is 5.73 Å². The summed E-state index contributed by atoms with van der Waals surface area (Å²) in [6.45, 7) is 5.22. The van der Waals surface area contributed by atoms with Crippen LogP contribution in [0, 0.1) is 0 Å². The summed E-state index contributed by atoms with van der Waals surface area (Å²) in [4.78, 5) is 0. The van der Waals surface area contributed by atoms with Gasteiger partial charge in [-0.25, -0.2) is 0 Å². The van der Waals surface area contributed by atoms with Crippen LogP contribution in [0.3, 0.4) is 0 Å². The van der Waals surface area contributed by atoms with Crippen LogP contribution in [0.1, 0.15) is 43.4 Å². The van der Waals surface area contributed by atoms with Gasteiger partial charge in [-0.2, -0.15) is 0 Å². The van der Waals surface area contributed by atoms with Gasteiger partial charge in [-0.3, -0.25) is 0 Å². The number of benzene rings is 1. The van der Waals surface area contributed by atoms with E-state index in [0.717, 1.165) is 6.54 Å². The zero-order valence-electron chi connectivity index (χ0n) is 9.84. The number of nitrogens with two attached hydrogens (primary N) is 1. The molecule has 0 bridgehead atoms. The van der Waals surface area contributed by atoms with Gasteiger partial charge in [-0.05, 0) is 42.4 Å². The molecule has 0 fully saturated rings. The monoisotopic (exact) mass is 203 g/mol. The molecule has 0 saturated heterocycles. The summed E-state index contributed by atoms with van der Waals surface area (Å²) in [6.07, 6.45) is 5.18. The Morgan fingerprint density at radius 1 is 1.20 bits per heavy atom. The van der Waals surface area contributed by atoms with E-state index in [9.17, 15) is 0 Å². The fourth-order valence-corrected chi connectivity index (χ4v) is 2.53. The van der Waals surface area contributed by atoms with Crippen LogP contribution in [-0.4, -0.2) is 6.54 Å². The maximum Gasteiger partial charge on any atom is 0.00219 e. The molecule has 1 nitrogen and oxygen atoms in total.